The van der Waals surface area contributed by atoms with E-state index in [0.717, 1.165) is 17.7 Å². The zero-order valence-electron chi connectivity index (χ0n) is 14.6. The zero-order valence-corrected chi connectivity index (χ0v) is 14.6. The van der Waals surface area contributed by atoms with E-state index in [9.17, 15) is 26.7 Å². The first-order valence-electron chi connectivity index (χ1n) is 8.12. The number of imidazole rings is 1. The van der Waals surface area contributed by atoms with Crippen LogP contribution in [0.15, 0.2) is 36.4 Å². The second-order valence-corrected chi connectivity index (χ2v) is 6.13. The Morgan fingerprint density at radius 3 is 2.66 bits per heavy atom. The molecule has 0 saturated heterocycles. The maximum atomic E-state index is 13.6. The van der Waals surface area contributed by atoms with Gasteiger partial charge in [0.25, 0.3) is 0 Å². The van der Waals surface area contributed by atoms with Crippen molar-refractivity contribution in [2.24, 2.45) is 0 Å². The predicted molar refractivity (Wildman–Crippen MR) is 87.8 cm³/mol. The van der Waals surface area contributed by atoms with Crippen LogP contribution < -0.4 is 9.47 Å². The normalized spacial score (nSPS) is 15.0. The van der Waals surface area contributed by atoms with Crippen LogP contribution in [0.4, 0.5) is 22.0 Å². The molecule has 1 aliphatic rings. The summed E-state index contributed by atoms with van der Waals surface area (Å²) in [5.74, 6) is -2.61. The van der Waals surface area contributed by atoms with Gasteiger partial charge in [0.2, 0.25) is 5.82 Å². The lowest BCUT2D eigenvalue weighted by Crippen LogP contribution is -2.26. The molecule has 2 heterocycles. The Bertz CT molecular complexity index is 1120. The fraction of sp³-hybridized carbons (Fsp3) is 0.222. The molecule has 11 heteroatoms. The van der Waals surface area contributed by atoms with Crippen LogP contribution >= 0.6 is 0 Å². The number of hydrogen-bond acceptors (Lipinski definition) is 5. The maximum absolute atomic E-state index is 13.6. The van der Waals surface area contributed by atoms with Gasteiger partial charge in [-0.3, -0.25) is 0 Å². The minimum absolute atomic E-state index is 0.0235. The molecule has 0 amide bonds. The van der Waals surface area contributed by atoms with Crippen LogP contribution in [-0.2, 0) is 17.5 Å². The molecule has 0 atom stereocenters. The molecular formula is C18H11F5N2O4. The van der Waals surface area contributed by atoms with Crippen molar-refractivity contribution in [1.82, 2.24) is 9.55 Å². The fourth-order valence-electron chi connectivity index (χ4n) is 3.07. The number of aromatic nitrogens is 2. The summed E-state index contributed by atoms with van der Waals surface area (Å²) in [5, 5.41) is 0. The maximum Gasteiger partial charge on any atom is 0.586 e. The molecule has 0 fully saturated rings. The number of fused-ring (bicyclic) bond motifs is 2. The summed E-state index contributed by atoms with van der Waals surface area (Å²) in [6.07, 6.45) is -8.73. The van der Waals surface area contributed by atoms with Crippen molar-refractivity contribution in [3.05, 3.63) is 53.3 Å². The number of carbonyl (C=O) groups excluding carboxylic acids is 1. The number of alkyl halides is 5. The number of rotatable bonds is 3. The van der Waals surface area contributed by atoms with Crippen molar-refractivity contribution in [2.75, 3.05) is 7.11 Å². The zero-order chi connectivity index (χ0) is 21.0. The van der Waals surface area contributed by atoms with Crippen LogP contribution in [-0.4, -0.2) is 28.9 Å². The average molecular weight is 414 g/mol. The predicted octanol–water partition coefficient (Wildman–Crippen LogP) is 4.21. The minimum atomic E-state index is -4.83. The van der Waals surface area contributed by atoms with Crippen LogP contribution in [0, 0.1) is 0 Å². The Kier molecular flexibility index (Phi) is 4.14. The molecule has 0 bridgehead atoms. The first-order valence-corrected chi connectivity index (χ1v) is 8.12. The van der Waals surface area contributed by atoms with Crippen molar-refractivity contribution in [3.63, 3.8) is 0 Å². The van der Waals surface area contributed by atoms with E-state index in [2.05, 4.69) is 19.2 Å². The molecule has 1 aliphatic heterocycles. The molecule has 6 nitrogen and oxygen atoms in total. The highest BCUT2D eigenvalue weighted by atomic mass is 19.4. The van der Waals surface area contributed by atoms with Gasteiger partial charge >= 0.3 is 18.4 Å². The number of benzene rings is 2. The highest BCUT2D eigenvalue weighted by molar-refractivity contribution is 5.93. The smallest absolute Gasteiger partial charge is 0.465 e. The average Bonchev–Trinajstić information content (AvgIpc) is 3.17. The number of methoxy groups -OCH3 is 1. The van der Waals surface area contributed by atoms with Gasteiger partial charge in [-0.05, 0) is 24.3 Å². The fourth-order valence-corrected chi connectivity index (χ4v) is 3.07. The van der Waals surface area contributed by atoms with Gasteiger partial charge in [0, 0.05) is 5.56 Å². The van der Waals surface area contributed by atoms with Gasteiger partial charge in [0.1, 0.15) is 0 Å². The molecule has 0 spiro atoms. The minimum Gasteiger partial charge on any atom is -0.465 e. The molecule has 0 aliphatic carbocycles. The van der Waals surface area contributed by atoms with Gasteiger partial charge < -0.3 is 18.8 Å². The quantitative estimate of drug-likeness (QED) is 0.475. The van der Waals surface area contributed by atoms with Gasteiger partial charge in [-0.2, -0.15) is 13.2 Å². The van der Waals surface area contributed by atoms with Gasteiger partial charge in [-0.15, -0.1) is 8.78 Å². The molecule has 0 unspecified atom stereocenters. The molecule has 0 saturated carbocycles. The summed E-state index contributed by atoms with van der Waals surface area (Å²) in [4.78, 5) is 15.2. The highest BCUT2D eigenvalue weighted by Gasteiger charge is 2.45. The lowest BCUT2D eigenvalue weighted by atomic mass is 10.1. The molecule has 4 rings (SSSR count). The van der Waals surface area contributed by atoms with Gasteiger partial charge in [-0.25, -0.2) is 9.78 Å². The van der Waals surface area contributed by atoms with Crippen LogP contribution in [0.1, 0.15) is 21.7 Å². The summed E-state index contributed by atoms with van der Waals surface area (Å²) in [5.41, 5.74) is 0.0143. The third kappa shape index (κ3) is 3.32. The monoisotopic (exact) mass is 414 g/mol. The molecule has 2 aromatic carbocycles. The summed E-state index contributed by atoms with van der Waals surface area (Å²) in [6.45, 7) is -0.467. The number of ether oxygens (including phenoxy) is 3. The van der Waals surface area contributed by atoms with E-state index >= 15 is 0 Å². The van der Waals surface area contributed by atoms with Crippen molar-refractivity contribution in [2.45, 2.75) is 19.0 Å². The van der Waals surface area contributed by atoms with E-state index in [1.54, 1.807) is 0 Å². The SMILES string of the molecule is COC(=O)c1ccc2c(c1)nc(C(F)(F)F)n2Cc1cccc2c1OC(F)(F)O2. The Labute approximate surface area is 159 Å². The van der Waals surface area contributed by atoms with Crippen molar-refractivity contribution >= 4 is 17.0 Å². The Morgan fingerprint density at radius 2 is 1.97 bits per heavy atom. The topological polar surface area (TPSA) is 62.6 Å². The number of hydrogen-bond donors (Lipinski definition) is 0. The summed E-state index contributed by atoms with van der Waals surface area (Å²) < 4.78 is 81.6. The molecule has 29 heavy (non-hydrogen) atoms. The van der Waals surface area contributed by atoms with E-state index in [1.807, 2.05) is 0 Å². The standard InChI is InChI=1S/C18H11F5N2O4/c1-27-15(26)9-5-6-12-11(7-9)24-16(17(19,20)21)25(12)8-10-3-2-4-13-14(10)29-18(22,23)28-13/h2-7H,8H2,1H3. The van der Waals surface area contributed by atoms with Gasteiger partial charge in [0.05, 0.1) is 30.3 Å². The largest absolute Gasteiger partial charge is 0.586 e. The summed E-state index contributed by atoms with van der Waals surface area (Å²) >= 11 is 0. The first-order chi connectivity index (χ1) is 13.6. The van der Waals surface area contributed by atoms with Gasteiger partial charge in [0.15, 0.2) is 11.5 Å². The first kappa shape index (κ1) is 19.0. The summed E-state index contributed by atoms with van der Waals surface area (Å²) in [6, 6.07) is 7.66. The molecule has 152 valence electrons. The van der Waals surface area contributed by atoms with Gasteiger partial charge in [-0.1, -0.05) is 12.1 Å². The number of esters is 1. The van der Waals surface area contributed by atoms with E-state index in [-0.39, 0.29) is 33.7 Å². The molecular weight excluding hydrogens is 403 g/mol. The number of para-hydroxylation sites is 1. The van der Waals surface area contributed by atoms with Crippen LogP contribution in [0.25, 0.3) is 11.0 Å². The molecule has 0 N–H and O–H groups in total. The van der Waals surface area contributed by atoms with Crippen LogP contribution in [0.5, 0.6) is 11.5 Å². The lowest BCUT2D eigenvalue weighted by molar-refractivity contribution is -0.287. The molecule has 0 radical (unpaired) electrons. The Hall–Kier alpha value is -3.37. The number of halogens is 5. The Balaban J connectivity index is 1.84. The number of nitrogens with zero attached hydrogens (tertiary/aromatic N) is 2. The number of carbonyl (C=O) groups is 1. The van der Waals surface area contributed by atoms with E-state index in [0.29, 0.717) is 0 Å². The van der Waals surface area contributed by atoms with Crippen LogP contribution in [0.3, 0.4) is 0 Å². The second-order valence-electron chi connectivity index (χ2n) is 6.13. The van der Waals surface area contributed by atoms with E-state index < -0.39 is 30.8 Å². The van der Waals surface area contributed by atoms with E-state index in [4.69, 9.17) is 0 Å². The van der Waals surface area contributed by atoms with Crippen molar-refractivity contribution in [3.8, 4) is 11.5 Å². The van der Waals surface area contributed by atoms with Crippen molar-refractivity contribution < 1.29 is 41.0 Å². The lowest BCUT2D eigenvalue weighted by Gasteiger charge is -2.13. The molecule has 1 aromatic heterocycles. The summed E-state index contributed by atoms with van der Waals surface area (Å²) in [7, 11) is 1.14. The third-order valence-corrected chi connectivity index (χ3v) is 4.26. The Morgan fingerprint density at radius 1 is 1.21 bits per heavy atom. The second kappa shape index (κ2) is 6.33. The van der Waals surface area contributed by atoms with Crippen LogP contribution in [0.2, 0.25) is 0 Å². The molecule has 3 aromatic rings. The van der Waals surface area contributed by atoms with Crippen molar-refractivity contribution in [1.29, 1.82) is 0 Å². The third-order valence-electron chi connectivity index (χ3n) is 4.26. The van der Waals surface area contributed by atoms with E-state index in [1.165, 1.54) is 30.3 Å². The highest BCUT2D eigenvalue weighted by Crippen LogP contribution is 2.44.